The first-order chi connectivity index (χ1) is 46.3. The van der Waals surface area contributed by atoms with Crippen molar-refractivity contribution in [2.24, 2.45) is 0 Å². The minimum atomic E-state index is -3.10. The second kappa shape index (κ2) is 39.4. The fourth-order valence-electron chi connectivity index (χ4n) is 12.0. The third kappa shape index (κ3) is 25.3. The smallest absolute Gasteiger partial charge is 0.317 e. The first-order valence-electron chi connectivity index (χ1n) is 33.0. The number of aryl methyl sites for hydroxylation is 2. The van der Waals surface area contributed by atoms with Crippen molar-refractivity contribution in [2.75, 3.05) is 150 Å². The number of carbonyl (C=O) groups excluding carboxylic acids is 9. The maximum Gasteiger partial charge on any atom is 0.317 e. The molecule has 3 atom stereocenters. The van der Waals surface area contributed by atoms with Crippen molar-refractivity contribution in [3.8, 4) is 18.1 Å². The summed E-state index contributed by atoms with van der Waals surface area (Å²) in [4.78, 5) is 146. The van der Waals surface area contributed by atoms with E-state index in [1.807, 2.05) is 26.5 Å². The minimum absolute atomic E-state index is 0.00485. The summed E-state index contributed by atoms with van der Waals surface area (Å²) in [6.45, 7) is 8.14. The highest BCUT2D eigenvalue weighted by Gasteiger charge is 2.46. The molecule has 4 aliphatic heterocycles. The maximum atomic E-state index is 14.1. The van der Waals surface area contributed by atoms with Gasteiger partial charge in [-0.3, -0.25) is 82.3 Å². The number of carboxylic acids is 1. The number of piperazine rings is 1. The number of fused-ring (bicyclic) bond motifs is 1. The monoisotopic (exact) mass is 1360 g/mol. The number of alkyl halides is 2. The van der Waals surface area contributed by atoms with Crippen LogP contribution in [0.5, 0.6) is 5.75 Å². The number of hydrogen-bond acceptors (Lipinski definition) is 20. The van der Waals surface area contributed by atoms with Gasteiger partial charge >= 0.3 is 5.97 Å². The van der Waals surface area contributed by atoms with Gasteiger partial charge in [0.05, 0.1) is 55.2 Å². The molecule has 4 N–H and O–H groups in total. The van der Waals surface area contributed by atoms with Crippen LogP contribution in [0, 0.1) is 19.3 Å². The highest BCUT2D eigenvalue weighted by molar-refractivity contribution is 8.00. The summed E-state index contributed by atoms with van der Waals surface area (Å²) in [6, 6.07) is 13.4. The third-order valence-electron chi connectivity index (χ3n) is 17.4. The van der Waals surface area contributed by atoms with E-state index in [9.17, 15) is 61.8 Å². The number of imide groups is 1. The lowest BCUT2D eigenvalue weighted by Crippen LogP contribution is -2.50. The van der Waals surface area contributed by atoms with Crippen LogP contribution in [0.15, 0.2) is 54.7 Å². The Kier molecular flexibility index (Phi) is 31.0. The zero-order valence-corrected chi connectivity index (χ0v) is 55.7. The number of ether oxygens (including phenoxy) is 3. The number of pyridine rings is 1. The number of hydrogen-bond donors (Lipinski definition) is 4. The average Bonchev–Trinajstić information content (AvgIpc) is 1.81. The zero-order valence-electron chi connectivity index (χ0n) is 54.9. The number of unbranched alkanes of at least 4 members (excludes halogenated alkanes) is 2. The minimum Gasteiger partial charge on any atom is -0.494 e. The van der Waals surface area contributed by atoms with Crippen molar-refractivity contribution in [3.63, 3.8) is 0 Å². The van der Waals surface area contributed by atoms with E-state index < -0.39 is 60.6 Å². The molecule has 96 heavy (non-hydrogen) atoms. The molecule has 5 heterocycles. The van der Waals surface area contributed by atoms with Gasteiger partial charge in [-0.1, -0.05) is 35.7 Å². The number of nitrogens with zero attached hydrogens (tertiary/aromatic N) is 9. The van der Waals surface area contributed by atoms with E-state index in [2.05, 4.69) is 56.0 Å². The highest BCUT2D eigenvalue weighted by Crippen LogP contribution is 2.32. The van der Waals surface area contributed by atoms with Crippen LogP contribution in [0.2, 0.25) is 0 Å². The van der Waals surface area contributed by atoms with E-state index in [0.717, 1.165) is 30.7 Å². The molecule has 0 spiro atoms. The van der Waals surface area contributed by atoms with E-state index >= 15 is 0 Å². The first-order valence-corrected chi connectivity index (χ1v) is 34.1. The number of rotatable bonds is 36. The van der Waals surface area contributed by atoms with Crippen LogP contribution in [-0.2, 0) is 59.0 Å². The van der Waals surface area contributed by atoms with Crippen molar-refractivity contribution < 1.29 is 76.0 Å². The SMILES string of the molecule is C#C[C@H]1CC(F)(F)CN1C(=O)CNC(=O)c1ccnc2ccc(OCCCCN3CCN(C(=O)CCCN4C(=O)CC(SCC(CCCCNC(=O)CCCc5ccc(C)cc5)NC(=O)CN5CCN(COC=O)CCN(COC=O)CCN(CC(=O)O)CC5)C4=O)CC3)cc12. The van der Waals surface area contributed by atoms with Crippen molar-refractivity contribution in [3.05, 3.63) is 71.4 Å². The lowest BCUT2D eigenvalue weighted by Gasteiger charge is -2.35. The Hall–Kier alpha value is -7.88. The molecule has 4 fully saturated rings. The van der Waals surface area contributed by atoms with Gasteiger partial charge < -0.3 is 45.1 Å². The van der Waals surface area contributed by atoms with E-state index in [1.54, 1.807) is 23.1 Å². The molecule has 7 amide bonds. The van der Waals surface area contributed by atoms with Crippen molar-refractivity contribution in [1.82, 2.24) is 60.1 Å². The standard InChI is InChI=1S/C67H92F2N12O14S/c1-3-53-40-67(68,69)45-81(53)63(88)41-72-65(91)55-20-22-70-57-19-18-54(38-56(55)57)95-37-7-6-23-74-33-35-79(36-34-74)61(86)13-9-24-80-62(87)39-58(66(80)92)96-44-52(11-4-5-21-71-59(84)12-8-10-51-16-14-50(2)15-17-51)73-60(85)42-75-25-26-76(43-64(89)90)28-30-78(47-94-49-83)32-31-77(29-27-75)46-93-48-82/h1,14-20,22,38,48-49,52-53,58H,4-13,21,23-37,39-47H2,2H3,(H,71,84)(H,72,91)(H,73,85)(H,89,90)/t52?,53-,58?/m0/s1. The number of carbonyl (C=O) groups is 10. The summed E-state index contributed by atoms with van der Waals surface area (Å²) in [5.74, 6) is -3.41. The van der Waals surface area contributed by atoms with Crippen LogP contribution in [-0.4, -0.2) is 283 Å². The van der Waals surface area contributed by atoms with Crippen LogP contribution < -0.4 is 20.7 Å². The van der Waals surface area contributed by atoms with Gasteiger partial charge in [-0.15, -0.1) is 18.2 Å². The van der Waals surface area contributed by atoms with E-state index in [4.69, 9.17) is 20.6 Å². The normalized spacial score (nSPS) is 19.0. The lowest BCUT2D eigenvalue weighted by molar-refractivity contribution is -0.140. The molecule has 0 aliphatic carbocycles. The Balaban J connectivity index is 0.837. The summed E-state index contributed by atoms with van der Waals surface area (Å²) in [7, 11) is 0. The number of aliphatic carboxylic acids is 1. The Labute approximate surface area is 563 Å². The van der Waals surface area contributed by atoms with Gasteiger partial charge in [-0.05, 0) is 94.7 Å². The van der Waals surface area contributed by atoms with Gasteiger partial charge in [0.25, 0.3) is 24.8 Å². The maximum absolute atomic E-state index is 14.1. The van der Waals surface area contributed by atoms with Gasteiger partial charge in [-0.2, -0.15) is 0 Å². The molecule has 1 aromatic heterocycles. The fourth-order valence-corrected chi connectivity index (χ4v) is 13.2. The van der Waals surface area contributed by atoms with Gasteiger partial charge in [0.1, 0.15) is 19.2 Å². The summed E-state index contributed by atoms with van der Waals surface area (Å²) >= 11 is 1.30. The molecule has 29 heteroatoms. The van der Waals surface area contributed by atoms with Crippen molar-refractivity contribution in [2.45, 2.75) is 107 Å². The quantitative estimate of drug-likeness (QED) is 0.0281. The summed E-state index contributed by atoms with van der Waals surface area (Å²) in [5.41, 5.74) is 3.10. The van der Waals surface area contributed by atoms with Crippen LogP contribution in [0.3, 0.4) is 0 Å². The molecule has 0 radical (unpaired) electrons. The number of terminal acetylenes is 1. The topological polar surface area (TPSA) is 294 Å². The Bertz CT molecular complexity index is 3140. The number of benzene rings is 2. The van der Waals surface area contributed by atoms with E-state index in [0.29, 0.717) is 166 Å². The second-order valence-corrected chi connectivity index (χ2v) is 25.9. The molecular formula is C67H92F2N12O14S. The Morgan fingerprint density at radius 2 is 1.43 bits per heavy atom. The number of thioether (sulfide) groups is 1. The van der Waals surface area contributed by atoms with Crippen LogP contribution >= 0.6 is 11.8 Å². The number of aromatic nitrogens is 1. The molecule has 4 aliphatic rings. The van der Waals surface area contributed by atoms with Gasteiger partial charge in [0.15, 0.2) is 0 Å². The summed E-state index contributed by atoms with van der Waals surface area (Å²) in [6.07, 6.45) is 11.9. The zero-order chi connectivity index (χ0) is 68.8. The second-order valence-electron chi connectivity index (χ2n) is 24.7. The van der Waals surface area contributed by atoms with E-state index in [-0.39, 0.29) is 81.0 Å². The molecule has 2 aromatic carbocycles. The Morgan fingerprint density at radius 3 is 2.09 bits per heavy atom. The number of halogens is 2. The van der Waals surface area contributed by atoms with Crippen LogP contribution in [0.4, 0.5) is 8.78 Å². The summed E-state index contributed by atoms with van der Waals surface area (Å²) < 4.78 is 44.1. The van der Waals surface area contributed by atoms with E-state index in [1.165, 1.54) is 40.1 Å². The molecule has 0 saturated carbocycles. The number of nitrogens with one attached hydrogen (secondary N) is 3. The van der Waals surface area contributed by atoms with Gasteiger partial charge in [-0.25, -0.2) is 8.78 Å². The molecule has 2 unspecified atom stereocenters. The summed E-state index contributed by atoms with van der Waals surface area (Å²) in [5, 5.41) is 18.3. The number of amides is 7. The molecule has 26 nitrogen and oxygen atoms in total. The van der Waals surface area contributed by atoms with Crippen LogP contribution in [0.25, 0.3) is 10.9 Å². The fraction of sp³-hybridized carbons (Fsp3) is 0.597. The first kappa shape index (κ1) is 75.5. The van der Waals surface area contributed by atoms with Gasteiger partial charge in [0.2, 0.25) is 35.4 Å². The van der Waals surface area contributed by atoms with Crippen molar-refractivity contribution >= 4 is 82.9 Å². The predicted octanol–water partition coefficient (Wildman–Crippen LogP) is 2.45. The number of carboxylic acid groups (broad SMARTS) is 1. The van der Waals surface area contributed by atoms with Crippen LogP contribution in [0.1, 0.15) is 92.1 Å². The molecule has 524 valence electrons. The molecule has 4 saturated heterocycles. The molecule has 7 rings (SSSR count). The van der Waals surface area contributed by atoms with Crippen molar-refractivity contribution in [1.29, 1.82) is 0 Å². The molecular weight excluding hydrogens is 1270 g/mol. The number of likely N-dealkylation sites (tertiary alicyclic amines) is 2. The largest absolute Gasteiger partial charge is 0.494 e. The average molecular weight is 1360 g/mol. The third-order valence-corrected chi connectivity index (χ3v) is 18.8. The molecule has 0 bridgehead atoms. The Morgan fingerprint density at radius 1 is 0.760 bits per heavy atom. The van der Waals surface area contributed by atoms with Gasteiger partial charge in [0, 0.05) is 141 Å². The predicted molar refractivity (Wildman–Crippen MR) is 353 cm³/mol. The molecule has 3 aromatic rings. The lowest BCUT2D eigenvalue weighted by atomic mass is 10.1. The highest BCUT2D eigenvalue weighted by atomic mass is 32.2.